The summed E-state index contributed by atoms with van der Waals surface area (Å²) in [7, 11) is -3.27. The topological polar surface area (TPSA) is 196 Å². The van der Waals surface area contributed by atoms with E-state index in [0.717, 1.165) is 25.7 Å². The van der Waals surface area contributed by atoms with Gasteiger partial charge < -0.3 is 22.1 Å². The summed E-state index contributed by atoms with van der Waals surface area (Å²) in [6.07, 6.45) is 11.0. The normalized spacial score (nSPS) is 21.4. The number of amides is 2. The Bertz CT molecular complexity index is 1460. The predicted octanol–water partition coefficient (Wildman–Crippen LogP) is 0.555. The third kappa shape index (κ3) is 5.35. The summed E-state index contributed by atoms with van der Waals surface area (Å²) in [5, 5.41) is 14.6. The van der Waals surface area contributed by atoms with Crippen molar-refractivity contribution in [2.24, 2.45) is 11.5 Å². The highest BCUT2D eigenvalue weighted by Crippen LogP contribution is 2.27. The fourth-order valence-corrected chi connectivity index (χ4v) is 5.99. The van der Waals surface area contributed by atoms with Crippen LogP contribution in [0.15, 0.2) is 24.7 Å². The second-order valence-electron chi connectivity index (χ2n) is 9.92. The number of sulfonamides is 1. The van der Waals surface area contributed by atoms with Crippen molar-refractivity contribution < 1.29 is 18.0 Å². The molecule has 3 aromatic rings. The Morgan fingerprint density at radius 2 is 1.87 bits per heavy atom. The average Bonchev–Trinajstić information content (AvgIpc) is 3.49. The molecule has 1 aliphatic carbocycles. The fourth-order valence-electron chi connectivity index (χ4n) is 5.12. The Labute approximate surface area is 219 Å². The number of nitrogens with one attached hydrogen (secondary N) is 2. The van der Waals surface area contributed by atoms with Gasteiger partial charge in [0.2, 0.25) is 10.0 Å². The molecule has 5 rings (SSSR count). The van der Waals surface area contributed by atoms with E-state index in [1.807, 2.05) is 0 Å². The maximum Gasteiger partial charge on any atom is 0.271 e. The minimum atomic E-state index is -3.27. The summed E-state index contributed by atoms with van der Waals surface area (Å²) in [6, 6.07) is 1.78. The third-order valence-electron chi connectivity index (χ3n) is 7.25. The van der Waals surface area contributed by atoms with Crippen LogP contribution in [0.2, 0.25) is 0 Å². The van der Waals surface area contributed by atoms with Gasteiger partial charge in [-0.2, -0.15) is 10.2 Å². The van der Waals surface area contributed by atoms with E-state index in [-0.39, 0.29) is 35.1 Å². The Kier molecular flexibility index (Phi) is 7.07. The van der Waals surface area contributed by atoms with Crippen LogP contribution in [0.5, 0.6) is 0 Å². The van der Waals surface area contributed by atoms with Gasteiger partial charge in [-0.3, -0.25) is 14.3 Å². The van der Waals surface area contributed by atoms with E-state index in [0.29, 0.717) is 37.4 Å². The number of carbonyl (C=O) groups excluding carboxylic acids is 2. The Morgan fingerprint density at radius 1 is 1.13 bits per heavy atom. The number of piperidine rings is 1. The lowest BCUT2D eigenvalue weighted by Gasteiger charge is -2.30. The zero-order chi connectivity index (χ0) is 27.0. The van der Waals surface area contributed by atoms with Crippen LogP contribution in [0.1, 0.15) is 65.4 Å². The molecule has 3 aromatic heterocycles. The summed E-state index contributed by atoms with van der Waals surface area (Å²) in [6.45, 7) is 0.681. The van der Waals surface area contributed by atoms with Crippen LogP contribution in [-0.2, 0) is 10.0 Å². The zero-order valence-corrected chi connectivity index (χ0v) is 21.9. The molecule has 1 saturated heterocycles. The van der Waals surface area contributed by atoms with E-state index >= 15 is 0 Å². The largest absolute Gasteiger partial charge is 0.366 e. The molecule has 1 saturated carbocycles. The Balaban J connectivity index is 1.34. The molecule has 2 fully saturated rings. The average molecular weight is 545 g/mol. The maximum absolute atomic E-state index is 13.2. The summed E-state index contributed by atoms with van der Waals surface area (Å²) in [5.41, 5.74) is 12.4. The fraction of sp³-hybridized carbons (Fsp3) is 0.522. The molecule has 2 aliphatic rings. The van der Waals surface area contributed by atoms with Gasteiger partial charge in [-0.15, -0.1) is 0 Å². The van der Waals surface area contributed by atoms with Crippen molar-refractivity contribution in [3.05, 3.63) is 35.9 Å². The van der Waals surface area contributed by atoms with Crippen LogP contribution in [0.25, 0.3) is 5.65 Å². The molecule has 4 heterocycles. The lowest BCUT2D eigenvalue weighted by Crippen LogP contribution is -2.42. The molecule has 15 heteroatoms. The summed E-state index contributed by atoms with van der Waals surface area (Å²) in [5.74, 6) is -0.714. The van der Waals surface area contributed by atoms with Gasteiger partial charge in [-0.05, 0) is 31.7 Å². The molecule has 0 radical (unpaired) electrons. The molecule has 6 N–H and O–H groups in total. The number of rotatable bonds is 7. The molecule has 38 heavy (non-hydrogen) atoms. The summed E-state index contributed by atoms with van der Waals surface area (Å²) < 4.78 is 28.1. The van der Waals surface area contributed by atoms with Gasteiger partial charge in [0.25, 0.3) is 11.8 Å². The minimum Gasteiger partial charge on any atom is -0.366 e. The van der Waals surface area contributed by atoms with Gasteiger partial charge in [0, 0.05) is 37.6 Å². The smallest absolute Gasteiger partial charge is 0.271 e. The Morgan fingerprint density at radius 3 is 2.55 bits per heavy atom. The Hall–Kier alpha value is -3.56. The van der Waals surface area contributed by atoms with Crippen molar-refractivity contribution in [3.63, 3.8) is 0 Å². The van der Waals surface area contributed by atoms with Crippen LogP contribution < -0.4 is 22.1 Å². The van der Waals surface area contributed by atoms with E-state index in [1.54, 1.807) is 23.1 Å². The standard InChI is InChI=1S/C23H32N10O4S/c1-38(36,37)31-9-6-14(7-10-31)33-13-18(20(30-33)21(25)34)28-23(35)15-12-26-32-11-8-19(29-22(15)32)27-17-5-3-2-4-16(17)24/h8,11-14,16-17H,2-7,9-10,24H2,1H3,(H2,25,34)(H,27,29)(H,28,35)/t16-,17+/m1/s1. The number of fused-ring (bicyclic) bond motifs is 1. The van der Waals surface area contributed by atoms with E-state index in [4.69, 9.17) is 11.5 Å². The van der Waals surface area contributed by atoms with Gasteiger partial charge in [0.1, 0.15) is 11.4 Å². The van der Waals surface area contributed by atoms with Crippen LogP contribution in [0.4, 0.5) is 11.5 Å². The number of primary amides is 1. The van der Waals surface area contributed by atoms with E-state index in [1.165, 1.54) is 21.3 Å². The highest BCUT2D eigenvalue weighted by atomic mass is 32.2. The van der Waals surface area contributed by atoms with Crippen molar-refractivity contribution in [1.29, 1.82) is 0 Å². The van der Waals surface area contributed by atoms with Crippen LogP contribution >= 0.6 is 0 Å². The SMILES string of the molecule is CS(=O)(=O)N1CCC(n2cc(NC(=O)c3cnn4ccc(N[C@H]5CCCC[C@H]5N)nc34)c(C(N)=O)n2)CC1. The first-order valence-electron chi connectivity index (χ1n) is 12.6. The quantitative estimate of drug-likeness (QED) is 0.328. The minimum absolute atomic E-state index is 0.0387. The second-order valence-corrected chi connectivity index (χ2v) is 11.9. The molecule has 204 valence electrons. The molecule has 14 nitrogen and oxygen atoms in total. The third-order valence-corrected chi connectivity index (χ3v) is 8.55. The molecule has 1 aliphatic heterocycles. The molecular weight excluding hydrogens is 512 g/mol. The number of nitrogens with zero attached hydrogens (tertiary/aromatic N) is 6. The number of nitrogens with two attached hydrogens (primary N) is 2. The van der Waals surface area contributed by atoms with Gasteiger partial charge in [-0.1, -0.05) is 12.8 Å². The lowest BCUT2D eigenvalue weighted by molar-refractivity contribution is 0.0995. The number of hydrogen-bond donors (Lipinski definition) is 4. The van der Waals surface area contributed by atoms with E-state index in [2.05, 4.69) is 25.8 Å². The number of carbonyl (C=O) groups is 2. The number of anilines is 2. The van der Waals surface area contributed by atoms with Gasteiger partial charge in [0.05, 0.1) is 24.2 Å². The van der Waals surface area contributed by atoms with Crippen LogP contribution in [0, 0.1) is 0 Å². The predicted molar refractivity (Wildman–Crippen MR) is 140 cm³/mol. The summed E-state index contributed by atoms with van der Waals surface area (Å²) in [4.78, 5) is 29.9. The first kappa shape index (κ1) is 26.1. The lowest BCUT2D eigenvalue weighted by atomic mass is 9.91. The second kappa shape index (κ2) is 10.3. The van der Waals surface area contributed by atoms with Crippen molar-refractivity contribution in [2.75, 3.05) is 30.0 Å². The highest BCUT2D eigenvalue weighted by Gasteiger charge is 2.28. The molecular formula is C23H32N10O4S. The molecule has 0 aromatic carbocycles. The van der Waals surface area contributed by atoms with Gasteiger partial charge in [0.15, 0.2) is 11.3 Å². The molecule has 0 spiro atoms. The zero-order valence-electron chi connectivity index (χ0n) is 21.1. The van der Waals surface area contributed by atoms with Crippen molar-refractivity contribution >= 4 is 39.0 Å². The van der Waals surface area contributed by atoms with Crippen molar-refractivity contribution in [3.8, 4) is 0 Å². The molecule has 2 atom stereocenters. The monoisotopic (exact) mass is 544 g/mol. The number of aromatic nitrogens is 5. The highest BCUT2D eigenvalue weighted by molar-refractivity contribution is 7.88. The van der Waals surface area contributed by atoms with Gasteiger partial charge >= 0.3 is 0 Å². The first-order chi connectivity index (χ1) is 18.1. The van der Waals surface area contributed by atoms with E-state index < -0.39 is 21.8 Å². The molecule has 0 bridgehead atoms. The van der Waals surface area contributed by atoms with Crippen molar-refractivity contribution in [1.82, 2.24) is 28.7 Å². The maximum atomic E-state index is 13.2. The molecule has 0 unspecified atom stereocenters. The van der Waals surface area contributed by atoms with Gasteiger partial charge in [-0.25, -0.2) is 22.2 Å². The van der Waals surface area contributed by atoms with Crippen molar-refractivity contribution in [2.45, 2.75) is 56.7 Å². The summed E-state index contributed by atoms with van der Waals surface area (Å²) >= 11 is 0. The van der Waals surface area contributed by atoms with Crippen LogP contribution in [-0.4, -0.2) is 80.3 Å². The number of hydrogen-bond acceptors (Lipinski definition) is 9. The first-order valence-corrected chi connectivity index (χ1v) is 14.5. The molecule has 2 amide bonds. The van der Waals surface area contributed by atoms with E-state index in [9.17, 15) is 18.0 Å². The van der Waals surface area contributed by atoms with Crippen LogP contribution in [0.3, 0.4) is 0 Å².